The van der Waals surface area contributed by atoms with E-state index in [0.29, 0.717) is 5.75 Å². The predicted octanol–water partition coefficient (Wildman–Crippen LogP) is 6.23. The summed E-state index contributed by atoms with van der Waals surface area (Å²) in [5.74, 6) is 0.420. The van der Waals surface area contributed by atoms with E-state index in [1.54, 1.807) is 6.07 Å². The molecule has 0 heterocycles. The Morgan fingerprint density at radius 1 is 0.760 bits per heavy atom. The highest BCUT2D eigenvalue weighted by Crippen LogP contribution is 2.17. The third-order valence-electron chi connectivity index (χ3n) is 4.65. The molecule has 0 bridgehead atoms. The maximum atomic E-state index is 10.6. The van der Waals surface area contributed by atoms with Crippen LogP contribution in [0.1, 0.15) is 96.0 Å². The molecule has 3 nitrogen and oxygen atoms in total. The summed E-state index contributed by atoms with van der Waals surface area (Å²) < 4.78 is 25.9. The van der Waals surface area contributed by atoms with Gasteiger partial charge in [0.2, 0.25) is 0 Å². The lowest BCUT2D eigenvalue weighted by Crippen LogP contribution is -1.92. The van der Waals surface area contributed by atoms with Crippen LogP contribution in [0, 0.1) is 0 Å². The first-order valence-corrected chi connectivity index (χ1v) is 11.2. The molecule has 0 radical (unpaired) electrons. The van der Waals surface area contributed by atoms with Crippen molar-refractivity contribution in [2.45, 2.75) is 96.8 Å². The summed E-state index contributed by atoms with van der Waals surface area (Å²) in [5.41, 5.74) is 1.15. The van der Waals surface area contributed by atoms with E-state index in [2.05, 4.69) is 6.92 Å². The van der Waals surface area contributed by atoms with Crippen molar-refractivity contribution < 1.29 is 12.6 Å². The molecule has 144 valence electrons. The second-order valence-corrected chi connectivity index (χ2v) is 7.58. The summed E-state index contributed by atoms with van der Waals surface area (Å²) in [5, 5.41) is 0. The zero-order valence-corrected chi connectivity index (χ0v) is 16.8. The predicted molar refractivity (Wildman–Crippen MR) is 107 cm³/mol. The van der Waals surface area contributed by atoms with Crippen LogP contribution >= 0.6 is 0 Å². The van der Waals surface area contributed by atoms with E-state index in [1.165, 1.54) is 77.0 Å². The number of rotatable bonds is 16. The van der Waals surface area contributed by atoms with Crippen LogP contribution in [0.2, 0.25) is 0 Å². The zero-order chi connectivity index (χ0) is 18.2. The lowest BCUT2D eigenvalue weighted by atomic mass is 10.0. The van der Waals surface area contributed by atoms with Crippen LogP contribution in [0.25, 0.3) is 0 Å². The molecule has 0 N–H and O–H groups in total. The molecule has 0 spiro atoms. The monoisotopic (exact) mass is 368 g/mol. The smallest absolute Gasteiger partial charge is 0.299 e. The van der Waals surface area contributed by atoms with Crippen molar-refractivity contribution >= 4 is 11.0 Å². The van der Waals surface area contributed by atoms with Crippen molar-refractivity contribution in [1.82, 2.24) is 0 Å². The molecule has 0 atom stereocenters. The van der Waals surface area contributed by atoms with Gasteiger partial charge in [-0.1, -0.05) is 96.1 Å². The average Bonchev–Trinajstić information content (AvgIpc) is 2.59. The molecule has 25 heavy (non-hydrogen) atoms. The van der Waals surface area contributed by atoms with Gasteiger partial charge in [0.15, 0.2) is 0 Å². The van der Waals surface area contributed by atoms with Gasteiger partial charge in [0.1, 0.15) is 5.75 Å². The third-order valence-corrected chi connectivity index (χ3v) is 5.01. The third kappa shape index (κ3) is 12.9. The van der Waals surface area contributed by atoms with E-state index in [-0.39, 0.29) is 0 Å². The molecule has 0 aromatic heterocycles. The molecule has 0 aliphatic carbocycles. The molecule has 1 rings (SSSR count). The fourth-order valence-corrected chi connectivity index (χ4v) is 3.48. The number of benzene rings is 1. The molecule has 1 aromatic carbocycles. The first kappa shape index (κ1) is 22.0. The molecule has 1 aromatic rings. The van der Waals surface area contributed by atoms with Crippen LogP contribution < -0.4 is 4.18 Å². The summed E-state index contributed by atoms with van der Waals surface area (Å²) in [6, 6.07) is 7.39. The second-order valence-electron chi connectivity index (χ2n) is 6.95. The van der Waals surface area contributed by atoms with E-state index < -0.39 is 11.0 Å². The van der Waals surface area contributed by atoms with Gasteiger partial charge in [0.05, 0.1) is 0 Å². The largest absolute Gasteiger partial charge is 0.384 e. The summed E-state index contributed by atoms with van der Waals surface area (Å²) in [7, 11) is -2.82. The van der Waals surface area contributed by atoms with Crippen LogP contribution in [0.3, 0.4) is 0 Å². The standard InChI is InChI=1S/C21H36O3S/c1-2-3-4-5-6-7-8-9-10-11-12-13-14-16-20-17-15-18-21(19-20)24-25(22)23/h15,17-19,25H,2-14,16H2,1H3. The van der Waals surface area contributed by atoms with Gasteiger partial charge in [-0.3, -0.25) is 0 Å². The van der Waals surface area contributed by atoms with Crippen LogP contribution in [0.15, 0.2) is 24.3 Å². The van der Waals surface area contributed by atoms with Gasteiger partial charge in [0, 0.05) is 0 Å². The molecule has 0 fully saturated rings. The minimum Gasteiger partial charge on any atom is -0.384 e. The van der Waals surface area contributed by atoms with E-state index in [9.17, 15) is 8.42 Å². The normalized spacial score (nSPS) is 11.1. The fraction of sp³-hybridized carbons (Fsp3) is 0.714. The minimum absolute atomic E-state index is 0.420. The molecular weight excluding hydrogens is 332 g/mol. The Labute approximate surface area is 156 Å². The Hall–Kier alpha value is -1.03. The van der Waals surface area contributed by atoms with Crippen molar-refractivity contribution in [2.75, 3.05) is 0 Å². The van der Waals surface area contributed by atoms with Crippen molar-refractivity contribution in [1.29, 1.82) is 0 Å². The van der Waals surface area contributed by atoms with Gasteiger partial charge in [-0.2, -0.15) is 8.42 Å². The fourth-order valence-electron chi connectivity index (χ4n) is 3.19. The molecular formula is C21H36O3S. The lowest BCUT2D eigenvalue weighted by Gasteiger charge is -2.05. The Kier molecular flexibility index (Phi) is 13.4. The van der Waals surface area contributed by atoms with E-state index >= 15 is 0 Å². The molecule has 0 unspecified atom stereocenters. The minimum atomic E-state index is -2.82. The van der Waals surface area contributed by atoms with Crippen molar-refractivity contribution in [2.24, 2.45) is 0 Å². The highest BCUT2D eigenvalue weighted by Gasteiger charge is 1.99. The summed E-state index contributed by atoms with van der Waals surface area (Å²) in [6.07, 6.45) is 18.6. The van der Waals surface area contributed by atoms with E-state index in [0.717, 1.165) is 18.4 Å². The first-order chi connectivity index (χ1) is 12.2. The van der Waals surface area contributed by atoms with Gasteiger partial charge < -0.3 is 4.18 Å². The van der Waals surface area contributed by atoms with Crippen LogP contribution in [0.5, 0.6) is 5.75 Å². The SMILES string of the molecule is CCCCCCCCCCCCCCCc1cccc(O[SH](=O)=O)c1. The number of hydrogen-bond donors (Lipinski definition) is 1. The number of aryl methyl sites for hydroxylation is 1. The number of unbranched alkanes of at least 4 members (excludes halogenated alkanes) is 12. The summed E-state index contributed by atoms with van der Waals surface area (Å²) >= 11 is 0. The Bertz CT molecular complexity index is 504. The molecule has 4 heteroatoms. The molecule has 0 saturated heterocycles. The van der Waals surface area contributed by atoms with Gasteiger partial charge >= 0.3 is 0 Å². The Balaban J connectivity index is 1.93. The summed E-state index contributed by atoms with van der Waals surface area (Å²) in [6.45, 7) is 2.27. The number of thiol groups is 1. The van der Waals surface area contributed by atoms with Crippen LogP contribution in [-0.2, 0) is 17.4 Å². The van der Waals surface area contributed by atoms with Gasteiger partial charge in [-0.25, -0.2) is 0 Å². The summed E-state index contributed by atoms with van der Waals surface area (Å²) in [4.78, 5) is 0. The maximum absolute atomic E-state index is 10.6. The van der Waals surface area contributed by atoms with E-state index in [1.807, 2.05) is 18.2 Å². The lowest BCUT2D eigenvalue weighted by molar-refractivity contribution is 0.510. The van der Waals surface area contributed by atoms with Crippen LogP contribution in [-0.4, -0.2) is 8.42 Å². The Morgan fingerprint density at radius 3 is 1.80 bits per heavy atom. The van der Waals surface area contributed by atoms with Gasteiger partial charge in [-0.05, 0) is 30.5 Å². The van der Waals surface area contributed by atoms with Crippen LogP contribution in [0.4, 0.5) is 0 Å². The highest BCUT2D eigenvalue weighted by molar-refractivity contribution is 7.67. The molecule has 0 amide bonds. The number of hydrogen-bond acceptors (Lipinski definition) is 3. The Morgan fingerprint density at radius 2 is 1.28 bits per heavy atom. The first-order valence-electron chi connectivity index (χ1n) is 10.1. The van der Waals surface area contributed by atoms with Crippen molar-refractivity contribution in [3.8, 4) is 5.75 Å². The maximum Gasteiger partial charge on any atom is 0.299 e. The van der Waals surface area contributed by atoms with Crippen molar-refractivity contribution in [3.05, 3.63) is 29.8 Å². The average molecular weight is 369 g/mol. The zero-order valence-electron chi connectivity index (χ0n) is 15.9. The topological polar surface area (TPSA) is 43.4 Å². The molecule has 0 saturated carbocycles. The molecule has 0 aliphatic rings. The molecule has 0 aliphatic heterocycles. The van der Waals surface area contributed by atoms with Gasteiger partial charge in [0.25, 0.3) is 11.0 Å². The quantitative estimate of drug-likeness (QED) is 0.278. The highest BCUT2D eigenvalue weighted by atomic mass is 32.2. The van der Waals surface area contributed by atoms with E-state index in [4.69, 9.17) is 4.18 Å². The van der Waals surface area contributed by atoms with Crippen molar-refractivity contribution in [3.63, 3.8) is 0 Å². The van der Waals surface area contributed by atoms with Gasteiger partial charge in [-0.15, -0.1) is 0 Å². The second kappa shape index (κ2) is 15.2.